The highest BCUT2D eigenvalue weighted by Gasteiger charge is 2.37. The Bertz CT molecular complexity index is 629. The summed E-state index contributed by atoms with van der Waals surface area (Å²) < 4.78 is 11.9. The largest absolute Gasteiger partial charge is 0.481 e. The normalized spacial score (nSPS) is 13.0. The fourth-order valence-electron chi connectivity index (χ4n) is 2.15. The Kier molecular flexibility index (Phi) is 6.81. The Hall–Kier alpha value is -0.986. The predicted molar refractivity (Wildman–Crippen MR) is 110 cm³/mol. The van der Waals surface area contributed by atoms with E-state index >= 15 is 0 Å². The molecule has 0 radical (unpaired) electrons. The number of carbonyl (C=O) groups excluding carboxylic acids is 1. The van der Waals surface area contributed by atoms with E-state index in [1.165, 1.54) is 0 Å². The molecule has 1 rings (SSSR count). The van der Waals surface area contributed by atoms with E-state index in [4.69, 9.17) is 14.1 Å². The van der Waals surface area contributed by atoms with Gasteiger partial charge in [0.1, 0.15) is 8.07 Å². The van der Waals surface area contributed by atoms with E-state index in [2.05, 4.69) is 53.5 Å². The van der Waals surface area contributed by atoms with Crippen molar-refractivity contribution in [3.63, 3.8) is 0 Å². The van der Waals surface area contributed by atoms with Gasteiger partial charge in [-0.05, 0) is 24.2 Å². The second kappa shape index (κ2) is 7.72. The molecule has 0 aliphatic rings. The van der Waals surface area contributed by atoms with Gasteiger partial charge >= 0.3 is 0 Å². The molecule has 0 atom stereocenters. The third-order valence-corrected chi connectivity index (χ3v) is 11.3. The first-order chi connectivity index (χ1) is 11.2. The van der Waals surface area contributed by atoms with E-state index in [9.17, 15) is 4.79 Å². The number of hydrogen-bond donors (Lipinski definition) is 0. The van der Waals surface area contributed by atoms with Crippen molar-refractivity contribution >= 4 is 27.5 Å². The van der Waals surface area contributed by atoms with Crippen LogP contribution in [0.4, 0.5) is 0 Å². The van der Waals surface area contributed by atoms with Crippen LogP contribution >= 0.6 is 0 Å². The van der Waals surface area contributed by atoms with Crippen LogP contribution in [-0.4, -0.2) is 34.3 Å². The number of nitrogens with zero attached hydrogens (tertiary/aromatic N) is 1. The van der Waals surface area contributed by atoms with Crippen molar-refractivity contribution in [2.45, 2.75) is 78.5 Å². The summed E-state index contributed by atoms with van der Waals surface area (Å²) in [5.74, 6) is 0.657. The zero-order chi connectivity index (χ0) is 19.6. The van der Waals surface area contributed by atoms with Gasteiger partial charge < -0.3 is 9.16 Å². The van der Waals surface area contributed by atoms with E-state index in [1.54, 1.807) is 7.11 Å². The molecular weight excluding hydrogens is 346 g/mol. The Labute approximate surface area is 155 Å². The molecule has 0 saturated heterocycles. The summed E-state index contributed by atoms with van der Waals surface area (Å²) in [5.41, 5.74) is 1.51. The topological polar surface area (TPSA) is 48.4 Å². The lowest BCUT2D eigenvalue weighted by Gasteiger charge is -2.36. The SMILES string of the molecule is CCC(=O)c1cc([Si](C)(C)C)nc(OC)c1CO[Si](C)(C)C(C)(C)C. The first-order valence-electron chi connectivity index (χ1n) is 9.00. The highest BCUT2D eigenvalue weighted by atomic mass is 28.4. The van der Waals surface area contributed by atoms with Gasteiger partial charge in [-0.25, -0.2) is 4.98 Å². The molecule has 142 valence electrons. The quantitative estimate of drug-likeness (QED) is 0.505. The summed E-state index contributed by atoms with van der Waals surface area (Å²) in [7, 11) is -1.97. The van der Waals surface area contributed by atoms with E-state index in [1.807, 2.05) is 13.0 Å². The first-order valence-corrected chi connectivity index (χ1v) is 15.4. The molecule has 4 nitrogen and oxygen atoms in total. The molecule has 0 unspecified atom stereocenters. The van der Waals surface area contributed by atoms with Crippen molar-refractivity contribution in [1.82, 2.24) is 4.98 Å². The summed E-state index contributed by atoms with van der Waals surface area (Å²) in [4.78, 5) is 17.3. The van der Waals surface area contributed by atoms with Gasteiger partial charge in [0, 0.05) is 22.9 Å². The van der Waals surface area contributed by atoms with Crippen LogP contribution in [0, 0.1) is 0 Å². The number of carbonyl (C=O) groups is 1. The van der Waals surface area contributed by atoms with Gasteiger partial charge in [-0.1, -0.05) is 47.3 Å². The average Bonchev–Trinajstić information content (AvgIpc) is 2.49. The molecule has 0 aromatic carbocycles. The fourth-order valence-corrected chi connectivity index (χ4v) is 4.10. The Balaban J connectivity index is 3.40. The van der Waals surface area contributed by atoms with Gasteiger partial charge in [0.05, 0.1) is 13.7 Å². The molecule has 0 aliphatic carbocycles. The van der Waals surface area contributed by atoms with Gasteiger partial charge in [0.25, 0.3) is 0 Å². The number of Topliss-reactive ketones (excluding diaryl/α,β-unsaturated/α-hetero) is 1. The van der Waals surface area contributed by atoms with Crippen LogP contribution in [0.3, 0.4) is 0 Å². The van der Waals surface area contributed by atoms with Gasteiger partial charge in [0.2, 0.25) is 5.88 Å². The maximum atomic E-state index is 12.6. The molecule has 0 amide bonds. The maximum Gasteiger partial charge on any atom is 0.219 e. The standard InChI is InChI=1S/C19H35NO3Si2/c1-11-16(21)14-12-17(24(6,7)8)20-18(22-5)15(14)13-23-25(9,10)19(2,3)4/h12H,11,13H2,1-10H3. The maximum absolute atomic E-state index is 12.6. The molecule has 1 aromatic rings. The van der Waals surface area contributed by atoms with Crippen molar-refractivity contribution in [2.24, 2.45) is 0 Å². The monoisotopic (exact) mass is 381 g/mol. The summed E-state index contributed by atoms with van der Waals surface area (Å²) in [6.45, 7) is 20.0. The van der Waals surface area contributed by atoms with Gasteiger partial charge in [-0.2, -0.15) is 0 Å². The van der Waals surface area contributed by atoms with E-state index in [0.717, 1.165) is 10.9 Å². The van der Waals surface area contributed by atoms with Crippen LogP contribution < -0.4 is 10.1 Å². The molecule has 0 N–H and O–H groups in total. The minimum Gasteiger partial charge on any atom is -0.481 e. The van der Waals surface area contributed by atoms with Gasteiger partial charge in [-0.3, -0.25) is 4.79 Å². The number of aromatic nitrogens is 1. The summed E-state index contributed by atoms with van der Waals surface area (Å²) in [6.07, 6.45) is 0.464. The number of hydrogen-bond acceptors (Lipinski definition) is 4. The highest BCUT2D eigenvalue weighted by Crippen LogP contribution is 2.37. The zero-order valence-electron chi connectivity index (χ0n) is 17.7. The Morgan fingerprint density at radius 1 is 1.16 bits per heavy atom. The Morgan fingerprint density at radius 3 is 2.12 bits per heavy atom. The summed E-state index contributed by atoms with van der Waals surface area (Å²) in [5, 5.41) is 1.11. The molecule has 0 aliphatic heterocycles. The van der Waals surface area contributed by atoms with Crippen LogP contribution in [0.15, 0.2) is 6.07 Å². The molecular formula is C19H35NO3Si2. The summed E-state index contributed by atoms with van der Waals surface area (Å²) >= 11 is 0. The lowest BCUT2D eigenvalue weighted by Crippen LogP contribution is -2.42. The van der Waals surface area contributed by atoms with Crippen molar-refractivity contribution < 1.29 is 14.0 Å². The fraction of sp³-hybridized carbons (Fsp3) is 0.684. The number of ether oxygens (including phenoxy) is 1. The van der Waals surface area contributed by atoms with Crippen molar-refractivity contribution in [2.75, 3.05) is 7.11 Å². The van der Waals surface area contributed by atoms with Crippen molar-refractivity contribution in [3.8, 4) is 5.88 Å². The summed E-state index contributed by atoms with van der Waals surface area (Å²) in [6, 6.07) is 1.98. The third kappa shape index (κ3) is 5.25. The molecule has 1 heterocycles. The van der Waals surface area contributed by atoms with Gasteiger partial charge in [-0.15, -0.1) is 0 Å². The van der Waals surface area contributed by atoms with Crippen LogP contribution in [0.5, 0.6) is 5.88 Å². The predicted octanol–water partition coefficient (Wildman–Crippen LogP) is 4.75. The van der Waals surface area contributed by atoms with Crippen LogP contribution in [0.25, 0.3) is 0 Å². The van der Waals surface area contributed by atoms with Gasteiger partial charge in [0.15, 0.2) is 14.1 Å². The number of pyridine rings is 1. The first kappa shape index (κ1) is 22.1. The van der Waals surface area contributed by atoms with Crippen LogP contribution in [0.1, 0.15) is 50.0 Å². The van der Waals surface area contributed by atoms with Crippen LogP contribution in [-0.2, 0) is 11.0 Å². The van der Waals surface area contributed by atoms with E-state index < -0.39 is 16.4 Å². The average molecular weight is 382 g/mol. The molecule has 0 bridgehead atoms. The van der Waals surface area contributed by atoms with E-state index in [0.29, 0.717) is 24.5 Å². The molecule has 0 fully saturated rings. The van der Waals surface area contributed by atoms with Crippen molar-refractivity contribution in [3.05, 3.63) is 17.2 Å². The zero-order valence-corrected chi connectivity index (χ0v) is 19.7. The molecule has 25 heavy (non-hydrogen) atoms. The van der Waals surface area contributed by atoms with Crippen molar-refractivity contribution in [1.29, 1.82) is 0 Å². The highest BCUT2D eigenvalue weighted by molar-refractivity contribution is 6.88. The lowest BCUT2D eigenvalue weighted by molar-refractivity contribution is 0.0984. The Morgan fingerprint density at radius 2 is 1.72 bits per heavy atom. The second-order valence-corrected chi connectivity index (χ2v) is 18.9. The minimum atomic E-state index is -1.93. The molecule has 6 heteroatoms. The minimum absolute atomic E-state index is 0.112. The second-order valence-electron chi connectivity index (χ2n) is 9.12. The third-order valence-electron chi connectivity index (χ3n) is 5.05. The molecule has 1 aromatic heterocycles. The smallest absolute Gasteiger partial charge is 0.219 e. The number of methoxy groups -OCH3 is 1. The lowest BCUT2D eigenvalue weighted by atomic mass is 10.0. The molecule has 0 spiro atoms. The number of rotatable bonds is 7. The molecule has 0 saturated carbocycles. The van der Waals surface area contributed by atoms with Crippen LogP contribution in [0.2, 0.25) is 37.8 Å². The van der Waals surface area contributed by atoms with E-state index in [-0.39, 0.29) is 10.8 Å². The number of ketones is 1.